The van der Waals surface area contributed by atoms with Crippen molar-refractivity contribution in [3.05, 3.63) is 109 Å². The Bertz CT molecular complexity index is 1470. The molecule has 136 valence electrons. The molecule has 0 fully saturated rings. The predicted octanol–water partition coefficient (Wildman–Crippen LogP) is 7.81. The average molecular weight is 369 g/mol. The highest BCUT2D eigenvalue weighted by Crippen LogP contribution is 2.38. The zero-order chi connectivity index (χ0) is 19.2. The standard InChI is InChI=1S/C28H19N/c1-2-7-19(8-3-1)20-13-15-21(16-14-20)23-11-6-9-22-17-18-26-28(27(22)23)24-10-4-5-12-25(24)29-26/h1-18,29H. The van der Waals surface area contributed by atoms with Crippen molar-refractivity contribution < 1.29 is 0 Å². The number of benzene rings is 5. The van der Waals surface area contributed by atoms with Gasteiger partial charge in [0, 0.05) is 21.8 Å². The van der Waals surface area contributed by atoms with E-state index in [1.54, 1.807) is 0 Å². The summed E-state index contributed by atoms with van der Waals surface area (Å²) in [5.41, 5.74) is 7.38. The first-order valence-electron chi connectivity index (χ1n) is 9.96. The molecule has 0 atom stereocenters. The summed E-state index contributed by atoms with van der Waals surface area (Å²) in [6.07, 6.45) is 0. The Hall–Kier alpha value is -3.84. The largest absolute Gasteiger partial charge is 0.354 e. The van der Waals surface area contributed by atoms with Gasteiger partial charge in [0.05, 0.1) is 0 Å². The van der Waals surface area contributed by atoms with E-state index in [1.807, 2.05) is 0 Å². The van der Waals surface area contributed by atoms with Crippen LogP contribution in [-0.2, 0) is 0 Å². The fraction of sp³-hybridized carbons (Fsp3) is 0. The van der Waals surface area contributed by atoms with Gasteiger partial charge in [-0.2, -0.15) is 0 Å². The smallest absolute Gasteiger partial charge is 0.0471 e. The van der Waals surface area contributed by atoms with Crippen molar-refractivity contribution in [2.45, 2.75) is 0 Å². The van der Waals surface area contributed by atoms with Crippen LogP contribution in [0.2, 0.25) is 0 Å². The Balaban J connectivity index is 1.61. The molecule has 0 aliphatic carbocycles. The van der Waals surface area contributed by atoms with Gasteiger partial charge in [0.25, 0.3) is 0 Å². The number of aromatic amines is 1. The molecule has 6 aromatic rings. The van der Waals surface area contributed by atoms with E-state index < -0.39 is 0 Å². The molecule has 0 saturated carbocycles. The predicted molar refractivity (Wildman–Crippen MR) is 124 cm³/mol. The molecule has 1 heteroatoms. The Labute approximate surface area is 169 Å². The molecule has 0 radical (unpaired) electrons. The van der Waals surface area contributed by atoms with Crippen LogP contribution in [0.15, 0.2) is 109 Å². The van der Waals surface area contributed by atoms with Crippen molar-refractivity contribution >= 4 is 32.6 Å². The number of nitrogens with one attached hydrogen (secondary N) is 1. The minimum Gasteiger partial charge on any atom is -0.354 e. The fourth-order valence-electron chi connectivity index (χ4n) is 4.43. The van der Waals surface area contributed by atoms with Gasteiger partial charge < -0.3 is 4.98 Å². The second-order valence-corrected chi connectivity index (χ2v) is 7.51. The minimum atomic E-state index is 1.18. The number of aromatic nitrogens is 1. The van der Waals surface area contributed by atoms with Gasteiger partial charge in [-0.05, 0) is 45.2 Å². The van der Waals surface area contributed by atoms with Gasteiger partial charge in [-0.15, -0.1) is 0 Å². The molecule has 0 saturated heterocycles. The van der Waals surface area contributed by atoms with E-state index >= 15 is 0 Å². The van der Waals surface area contributed by atoms with Crippen LogP contribution in [0.1, 0.15) is 0 Å². The molecule has 0 spiro atoms. The third-order valence-corrected chi connectivity index (χ3v) is 5.81. The van der Waals surface area contributed by atoms with Crippen LogP contribution in [0.25, 0.3) is 54.8 Å². The van der Waals surface area contributed by atoms with Crippen LogP contribution in [0.5, 0.6) is 0 Å². The zero-order valence-corrected chi connectivity index (χ0v) is 15.9. The Morgan fingerprint density at radius 3 is 2.00 bits per heavy atom. The highest BCUT2D eigenvalue weighted by Gasteiger charge is 2.12. The maximum atomic E-state index is 3.58. The molecule has 0 bridgehead atoms. The number of rotatable bonds is 2. The third-order valence-electron chi connectivity index (χ3n) is 5.81. The van der Waals surface area contributed by atoms with Crippen LogP contribution in [0.4, 0.5) is 0 Å². The normalized spacial score (nSPS) is 11.4. The first-order valence-corrected chi connectivity index (χ1v) is 9.96. The second-order valence-electron chi connectivity index (χ2n) is 7.51. The molecule has 1 aromatic heterocycles. The topological polar surface area (TPSA) is 15.8 Å². The van der Waals surface area contributed by atoms with Gasteiger partial charge in [-0.1, -0.05) is 97.1 Å². The monoisotopic (exact) mass is 369 g/mol. The Kier molecular flexibility index (Phi) is 3.54. The summed E-state index contributed by atoms with van der Waals surface area (Å²) in [4.78, 5) is 3.58. The number of para-hydroxylation sites is 1. The summed E-state index contributed by atoms with van der Waals surface area (Å²) in [5.74, 6) is 0. The summed E-state index contributed by atoms with van der Waals surface area (Å²) in [7, 11) is 0. The molecule has 1 nitrogen and oxygen atoms in total. The molecular weight excluding hydrogens is 350 g/mol. The van der Waals surface area contributed by atoms with Gasteiger partial charge in [0.15, 0.2) is 0 Å². The summed E-state index contributed by atoms with van der Waals surface area (Å²) in [6, 6.07) is 39.0. The lowest BCUT2D eigenvalue weighted by atomic mass is 9.93. The molecule has 0 amide bonds. The number of H-pyrrole nitrogens is 1. The van der Waals surface area contributed by atoms with Gasteiger partial charge >= 0.3 is 0 Å². The maximum absolute atomic E-state index is 3.58. The quantitative estimate of drug-likeness (QED) is 0.320. The first-order chi connectivity index (χ1) is 14.4. The highest BCUT2D eigenvalue weighted by atomic mass is 14.7. The fourth-order valence-corrected chi connectivity index (χ4v) is 4.43. The zero-order valence-electron chi connectivity index (χ0n) is 15.9. The Morgan fingerprint density at radius 1 is 0.414 bits per heavy atom. The molecule has 1 heterocycles. The lowest BCUT2D eigenvalue weighted by Gasteiger charge is -2.10. The SMILES string of the molecule is c1ccc(-c2ccc(-c3cccc4ccc5[nH]c6ccccc6c5c34)cc2)cc1. The van der Waals surface area contributed by atoms with E-state index in [9.17, 15) is 0 Å². The number of hydrogen-bond donors (Lipinski definition) is 1. The molecule has 0 unspecified atom stereocenters. The number of hydrogen-bond acceptors (Lipinski definition) is 0. The third kappa shape index (κ3) is 2.55. The van der Waals surface area contributed by atoms with Gasteiger partial charge in [0.2, 0.25) is 0 Å². The van der Waals surface area contributed by atoms with Crippen molar-refractivity contribution in [2.75, 3.05) is 0 Å². The van der Waals surface area contributed by atoms with E-state index in [2.05, 4.69) is 114 Å². The lowest BCUT2D eigenvalue weighted by molar-refractivity contribution is 1.55. The van der Waals surface area contributed by atoms with Crippen molar-refractivity contribution in [1.82, 2.24) is 4.98 Å². The molecule has 0 aliphatic rings. The van der Waals surface area contributed by atoms with Gasteiger partial charge in [-0.25, -0.2) is 0 Å². The first kappa shape index (κ1) is 16.1. The van der Waals surface area contributed by atoms with Crippen molar-refractivity contribution in [1.29, 1.82) is 0 Å². The molecule has 1 N–H and O–H groups in total. The van der Waals surface area contributed by atoms with Gasteiger partial charge in [-0.3, -0.25) is 0 Å². The summed E-state index contributed by atoms with van der Waals surface area (Å²) < 4.78 is 0. The highest BCUT2D eigenvalue weighted by molar-refractivity contribution is 6.23. The average Bonchev–Trinajstić information content (AvgIpc) is 3.18. The van der Waals surface area contributed by atoms with Crippen LogP contribution in [0, 0.1) is 0 Å². The van der Waals surface area contributed by atoms with Crippen molar-refractivity contribution in [3.8, 4) is 22.3 Å². The van der Waals surface area contributed by atoms with E-state index in [4.69, 9.17) is 0 Å². The molecule has 29 heavy (non-hydrogen) atoms. The van der Waals surface area contributed by atoms with E-state index in [0.29, 0.717) is 0 Å². The van der Waals surface area contributed by atoms with E-state index in [-0.39, 0.29) is 0 Å². The van der Waals surface area contributed by atoms with Crippen LogP contribution < -0.4 is 0 Å². The molecule has 6 rings (SSSR count). The van der Waals surface area contributed by atoms with Gasteiger partial charge in [0.1, 0.15) is 0 Å². The van der Waals surface area contributed by atoms with Crippen LogP contribution >= 0.6 is 0 Å². The lowest BCUT2D eigenvalue weighted by Crippen LogP contribution is -1.84. The summed E-state index contributed by atoms with van der Waals surface area (Å²) in [5, 5.41) is 5.17. The number of fused-ring (bicyclic) bond motifs is 5. The second kappa shape index (κ2) is 6.35. The molecule has 5 aromatic carbocycles. The van der Waals surface area contributed by atoms with Crippen LogP contribution in [0.3, 0.4) is 0 Å². The van der Waals surface area contributed by atoms with Crippen LogP contribution in [-0.4, -0.2) is 4.98 Å². The summed E-state index contributed by atoms with van der Waals surface area (Å²) >= 11 is 0. The Morgan fingerprint density at radius 2 is 1.14 bits per heavy atom. The molecular formula is C28H19N. The minimum absolute atomic E-state index is 1.18. The summed E-state index contributed by atoms with van der Waals surface area (Å²) in [6.45, 7) is 0. The van der Waals surface area contributed by atoms with E-state index in [0.717, 1.165) is 0 Å². The van der Waals surface area contributed by atoms with Crippen molar-refractivity contribution in [3.63, 3.8) is 0 Å². The van der Waals surface area contributed by atoms with Crippen molar-refractivity contribution in [2.24, 2.45) is 0 Å². The molecule has 0 aliphatic heterocycles. The van der Waals surface area contributed by atoms with E-state index in [1.165, 1.54) is 54.8 Å². The maximum Gasteiger partial charge on any atom is 0.0471 e.